The number of hydrogen-bond donors (Lipinski definition) is 0. The molecular weight excluding hydrogens is 105 g/mol. The van der Waals surface area contributed by atoms with Crippen LogP contribution in [0.15, 0.2) is 12.2 Å². The largest absolute Gasteiger partial charge is 0.409 e. The van der Waals surface area contributed by atoms with Gasteiger partial charge in [0.15, 0.2) is 0 Å². The highest BCUT2D eigenvalue weighted by molar-refractivity contribution is 4.84. The smallest absolute Gasteiger partial charge is 0.167 e. The number of hydrogen-bond acceptors (Lipinski definition) is 0. The Balaban J connectivity index is 3.56. The number of allylic oxidation sites excluding steroid dienone is 2. The van der Waals surface area contributed by atoms with E-state index in [0.717, 1.165) is 6.08 Å². The molecule has 0 aromatic rings. The molecule has 3 heteroatoms. The van der Waals surface area contributed by atoms with E-state index in [-0.39, 0.29) is 6.08 Å². The molecule has 7 heavy (non-hydrogen) atoms. The normalized spacial score (nSPS) is 13.1. The number of halogens is 3. The third kappa shape index (κ3) is 5.53. The van der Waals surface area contributed by atoms with E-state index in [9.17, 15) is 13.2 Å². The second-order valence-electron chi connectivity index (χ2n) is 1.04. The fourth-order valence-electron chi connectivity index (χ4n) is 0.189. The van der Waals surface area contributed by atoms with Crippen molar-refractivity contribution >= 4 is 0 Å². The molecule has 0 aromatic heterocycles. The van der Waals surface area contributed by atoms with E-state index >= 15 is 0 Å². The molecule has 0 N–H and O–H groups in total. The maximum atomic E-state index is 11.0. The molecule has 0 aromatic carbocycles. The first-order chi connectivity index (χ1) is 3.06. The summed E-state index contributed by atoms with van der Waals surface area (Å²) in [4.78, 5) is 0. The monoisotopic (exact) mass is 110 g/mol. The van der Waals surface area contributed by atoms with E-state index in [4.69, 9.17) is 0 Å². The Morgan fingerprint density at radius 2 is 1.71 bits per heavy atom. The van der Waals surface area contributed by atoms with Crippen molar-refractivity contribution in [2.45, 2.75) is 13.1 Å². The maximum Gasteiger partial charge on any atom is 0.409 e. The lowest BCUT2D eigenvalue weighted by Crippen LogP contribution is -1.99. The van der Waals surface area contributed by atoms with Crippen molar-refractivity contribution in [2.75, 3.05) is 0 Å². The van der Waals surface area contributed by atoms with Gasteiger partial charge in [-0.15, -0.1) is 0 Å². The molecule has 42 valence electrons. The number of rotatable bonds is 0. The van der Waals surface area contributed by atoms with Crippen LogP contribution in [0.4, 0.5) is 13.2 Å². The van der Waals surface area contributed by atoms with Gasteiger partial charge < -0.3 is 0 Å². The van der Waals surface area contributed by atoms with Gasteiger partial charge in [-0.2, -0.15) is 13.2 Å². The Kier molecular flexibility index (Phi) is 1.87. The molecule has 0 aliphatic heterocycles. The van der Waals surface area contributed by atoms with E-state index in [2.05, 4.69) is 0 Å². The van der Waals surface area contributed by atoms with Crippen LogP contribution in [0, 0.1) is 0 Å². The average molecular weight is 110 g/mol. The third-order valence-electron chi connectivity index (χ3n) is 0.356. The van der Waals surface area contributed by atoms with Gasteiger partial charge in [-0.05, 0) is 6.92 Å². The summed E-state index contributed by atoms with van der Waals surface area (Å²) in [7, 11) is 0. The molecule has 0 unspecified atom stereocenters. The molecule has 0 heterocycles. The summed E-state index contributed by atoms with van der Waals surface area (Å²) in [5, 5.41) is 0. The highest BCUT2D eigenvalue weighted by Crippen LogP contribution is 2.15. The standard InChI is InChI=1S/C4H5F3/c1-2-3-4(5,6)7/h2-3H,1H3. The molecule has 0 aliphatic carbocycles. The summed E-state index contributed by atoms with van der Waals surface area (Å²) in [6, 6.07) is 0. The summed E-state index contributed by atoms with van der Waals surface area (Å²) in [6.45, 7) is 1.33. The first-order valence-electron chi connectivity index (χ1n) is 1.77. The first kappa shape index (κ1) is 6.53. The molecule has 0 amide bonds. The topological polar surface area (TPSA) is 0 Å². The highest BCUT2D eigenvalue weighted by atomic mass is 19.4. The van der Waals surface area contributed by atoms with Crippen molar-refractivity contribution in [3.8, 4) is 0 Å². The van der Waals surface area contributed by atoms with Crippen LogP contribution in [0.1, 0.15) is 6.92 Å². The van der Waals surface area contributed by atoms with Gasteiger partial charge in [0, 0.05) is 6.08 Å². The minimum Gasteiger partial charge on any atom is -0.167 e. The highest BCUT2D eigenvalue weighted by Gasteiger charge is 2.20. The van der Waals surface area contributed by atoms with Crippen molar-refractivity contribution in [1.82, 2.24) is 0 Å². The van der Waals surface area contributed by atoms with Crippen LogP contribution in [-0.4, -0.2) is 6.18 Å². The third-order valence-corrected chi connectivity index (χ3v) is 0.356. The minimum atomic E-state index is -4.13. The Morgan fingerprint density at radius 3 is 1.71 bits per heavy atom. The Morgan fingerprint density at radius 1 is 1.29 bits per heavy atom. The lowest BCUT2D eigenvalue weighted by Gasteiger charge is -1.93. The molecule has 0 fully saturated rings. The summed E-state index contributed by atoms with van der Waals surface area (Å²) in [5.74, 6) is 0. The van der Waals surface area contributed by atoms with Crippen molar-refractivity contribution in [2.24, 2.45) is 0 Å². The van der Waals surface area contributed by atoms with E-state index in [0.29, 0.717) is 0 Å². The first-order valence-corrected chi connectivity index (χ1v) is 1.77. The Hall–Kier alpha value is -0.470. The van der Waals surface area contributed by atoms with Crippen molar-refractivity contribution < 1.29 is 13.2 Å². The molecule has 0 radical (unpaired) electrons. The van der Waals surface area contributed by atoms with Crippen LogP contribution in [0.25, 0.3) is 0 Å². The summed E-state index contributed by atoms with van der Waals surface area (Å²) in [6.07, 6.45) is -2.98. The van der Waals surface area contributed by atoms with Crippen molar-refractivity contribution in [1.29, 1.82) is 0 Å². The van der Waals surface area contributed by atoms with Gasteiger partial charge >= 0.3 is 6.18 Å². The Bertz CT molecular complexity index is 69.5. The van der Waals surface area contributed by atoms with Gasteiger partial charge in [-0.25, -0.2) is 0 Å². The van der Waals surface area contributed by atoms with Gasteiger partial charge in [0.2, 0.25) is 0 Å². The predicted molar refractivity (Wildman–Crippen MR) is 20.9 cm³/mol. The summed E-state index contributed by atoms with van der Waals surface area (Å²) in [5.41, 5.74) is 0. The second-order valence-corrected chi connectivity index (χ2v) is 1.04. The van der Waals surface area contributed by atoms with E-state index < -0.39 is 6.18 Å². The summed E-state index contributed by atoms with van der Waals surface area (Å²) >= 11 is 0. The van der Waals surface area contributed by atoms with Crippen molar-refractivity contribution in [3.63, 3.8) is 0 Å². The molecule has 0 rings (SSSR count). The van der Waals surface area contributed by atoms with E-state index in [1.165, 1.54) is 6.92 Å². The van der Waals surface area contributed by atoms with Crippen LogP contribution in [-0.2, 0) is 0 Å². The van der Waals surface area contributed by atoms with Gasteiger partial charge in [-0.1, -0.05) is 6.08 Å². The van der Waals surface area contributed by atoms with Crippen LogP contribution in [0.5, 0.6) is 0 Å². The average Bonchev–Trinajstić information content (AvgIpc) is 1.30. The zero-order valence-corrected chi connectivity index (χ0v) is 3.79. The lowest BCUT2D eigenvalue weighted by molar-refractivity contribution is -0.0799. The SMILES string of the molecule is CC=CC(F)(F)F. The second kappa shape index (κ2) is 2.00. The molecule has 0 saturated heterocycles. The van der Waals surface area contributed by atoms with E-state index in [1.54, 1.807) is 0 Å². The van der Waals surface area contributed by atoms with Crippen LogP contribution >= 0.6 is 0 Å². The fourth-order valence-corrected chi connectivity index (χ4v) is 0.189. The van der Waals surface area contributed by atoms with Gasteiger partial charge in [-0.3, -0.25) is 0 Å². The predicted octanol–water partition coefficient (Wildman–Crippen LogP) is 2.12. The molecule has 0 spiro atoms. The molecule has 0 aliphatic rings. The molecule has 0 bridgehead atoms. The zero-order chi connectivity index (χ0) is 5.91. The van der Waals surface area contributed by atoms with Gasteiger partial charge in [0.1, 0.15) is 0 Å². The minimum absolute atomic E-state index is 0.188. The number of alkyl halides is 3. The maximum absolute atomic E-state index is 11.0. The lowest BCUT2D eigenvalue weighted by atomic mass is 10.5. The molecular formula is C4H5F3. The van der Waals surface area contributed by atoms with Gasteiger partial charge in [0.05, 0.1) is 0 Å². The zero-order valence-electron chi connectivity index (χ0n) is 3.79. The molecule has 0 atom stereocenters. The van der Waals surface area contributed by atoms with E-state index in [1.807, 2.05) is 0 Å². The van der Waals surface area contributed by atoms with Crippen LogP contribution < -0.4 is 0 Å². The fraction of sp³-hybridized carbons (Fsp3) is 0.500. The van der Waals surface area contributed by atoms with Crippen LogP contribution in [0.2, 0.25) is 0 Å². The summed E-state index contributed by atoms with van der Waals surface area (Å²) < 4.78 is 32.9. The van der Waals surface area contributed by atoms with Crippen molar-refractivity contribution in [3.05, 3.63) is 12.2 Å². The van der Waals surface area contributed by atoms with Gasteiger partial charge in [0.25, 0.3) is 0 Å². The molecule has 0 nitrogen and oxygen atoms in total. The van der Waals surface area contributed by atoms with Crippen LogP contribution in [0.3, 0.4) is 0 Å². The molecule has 0 saturated carbocycles. The Labute approximate surface area is 39.6 Å². The quantitative estimate of drug-likeness (QED) is 0.419.